The van der Waals surface area contributed by atoms with Gasteiger partial charge in [-0.25, -0.2) is 0 Å². The molecule has 2 aromatic carbocycles. The molecule has 0 radical (unpaired) electrons. The number of fused-ring (bicyclic) bond motifs is 2. The Kier molecular flexibility index (Phi) is 4.71. The van der Waals surface area contributed by atoms with Crippen LogP contribution in [0.3, 0.4) is 0 Å². The normalized spacial score (nSPS) is 13.4. The first-order chi connectivity index (χ1) is 13.2. The largest absolute Gasteiger partial charge is 0.454 e. The van der Waals surface area contributed by atoms with Crippen molar-refractivity contribution in [1.82, 2.24) is 4.57 Å². The lowest BCUT2D eigenvalue weighted by Gasteiger charge is -2.01. The summed E-state index contributed by atoms with van der Waals surface area (Å²) in [4.78, 5) is 17.0. The minimum Gasteiger partial charge on any atom is -0.454 e. The zero-order chi connectivity index (χ0) is 18.8. The van der Waals surface area contributed by atoms with E-state index in [4.69, 9.17) is 27.5 Å². The average Bonchev–Trinajstić information content (AvgIpc) is 3.24. The summed E-state index contributed by atoms with van der Waals surface area (Å²) in [5, 5.41) is 0.570. The molecule has 0 fully saturated rings. The van der Waals surface area contributed by atoms with Crippen LogP contribution in [0.4, 0.5) is 0 Å². The Bertz CT molecular complexity index is 1180. The summed E-state index contributed by atoms with van der Waals surface area (Å²) in [6.07, 6.45) is 8.53. The van der Waals surface area contributed by atoms with E-state index in [0.29, 0.717) is 27.9 Å². The second kappa shape index (κ2) is 7.31. The van der Waals surface area contributed by atoms with E-state index >= 15 is 0 Å². The first-order valence-corrected chi connectivity index (χ1v) is 9.23. The van der Waals surface area contributed by atoms with Gasteiger partial charge in [-0.3, -0.25) is 4.79 Å². The van der Waals surface area contributed by atoms with Crippen molar-refractivity contribution in [1.29, 1.82) is 0 Å². The number of terminal acetylenes is 1. The van der Waals surface area contributed by atoms with Crippen molar-refractivity contribution in [3.8, 4) is 23.8 Å². The lowest BCUT2D eigenvalue weighted by molar-refractivity contribution is -0.113. The second-order valence-electron chi connectivity index (χ2n) is 5.65. The number of carbonyl (C=O) groups excluding carboxylic acids is 1. The van der Waals surface area contributed by atoms with Gasteiger partial charge in [-0.05, 0) is 17.7 Å². The highest BCUT2D eigenvalue weighted by atomic mass is 35.5. The van der Waals surface area contributed by atoms with Crippen LogP contribution in [0.15, 0.2) is 47.5 Å². The van der Waals surface area contributed by atoms with Crippen molar-refractivity contribution in [2.24, 2.45) is 4.99 Å². The van der Waals surface area contributed by atoms with Crippen LogP contribution in [0, 0.1) is 12.3 Å². The fourth-order valence-corrected chi connectivity index (χ4v) is 3.94. The third kappa shape index (κ3) is 3.47. The van der Waals surface area contributed by atoms with Crippen LogP contribution in [-0.4, -0.2) is 17.3 Å². The van der Waals surface area contributed by atoms with Gasteiger partial charge in [0.2, 0.25) is 6.79 Å². The Morgan fingerprint density at radius 1 is 1.33 bits per heavy atom. The number of halogens is 1. The van der Waals surface area contributed by atoms with Gasteiger partial charge < -0.3 is 14.0 Å². The molecule has 2 heterocycles. The van der Waals surface area contributed by atoms with Gasteiger partial charge in [0.1, 0.15) is 0 Å². The highest BCUT2D eigenvalue weighted by molar-refractivity contribution is 7.16. The van der Waals surface area contributed by atoms with Crippen molar-refractivity contribution < 1.29 is 14.3 Å². The quantitative estimate of drug-likeness (QED) is 0.499. The molecular weight excluding hydrogens is 384 g/mol. The van der Waals surface area contributed by atoms with E-state index in [1.54, 1.807) is 12.1 Å². The minimum atomic E-state index is -0.396. The van der Waals surface area contributed by atoms with Crippen LogP contribution < -0.4 is 14.3 Å². The molecule has 0 spiro atoms. The molecule has 1 aliphatic heterocycles. The van der Waals surface area contributed by atoms with E-state index in [2.05, 4.69) is 10.9 Å². The summed E-state index contributed by atoms with van der Waals surface area (Å²) in [6.45, 7) is 0.490. The Labute approximate surface area is 164 Å². The van der Waals surface area contributed by atoms with Gasteiger partial charge in [0, 0.05) is 23.2 Å². The SMILES string of the molecule is C#CCn1c(=NC(=O)C=Cc2ccccc2Cl)sc2cc3c(cc21)OCO3. The van der Waals surface area contributed by atoms with Gasteiger partial charge >= 0.3 is 0 Å². The van der Waals surface area contributed by atoms with E-state index < -0.39 is 5.91 Å². The van der Waals surface area contributed by atoms with Crippen LogP contribution in [0.25, 0.3) is 16.3 Å². The number of hydrogen-bond acceptors (Lipinski definition) is 4. The van der Waals surface area contributed by atoms with Crippen molar-refractivity contribution in [3.63, 3.8) is 0 Å². The fourth-order valence-electron chi connectivity index (χ4n) is 2.69. The molecule has 7 heteroatoms. The van der Waals surface area contributed by atoms with Crippen LogP contribution in [0.5, 0.6) is 11.5 Å². The van der Waals surface area contributed by atoms with E-state index in [1.807, 2.05) is 34.9 Å². The summed E-state index contributed by atoms with van der Waals surface area (Å²) < 4.78 is 13.6. The van der Waals surface area contributed by atoms with E-state index in [1.165, 1.54) is 17.4 Å². The predicted octanol–water partition coefficient (Wildman–Crippen LogP) is 3.86. The molecule has 0 saturated carbocycles. The Balaban J connectivity index is 1.74. The molecule has 3 aromatic rings. The Morgan fingerprint density at radius 2 is 2.11 bits per heavy atom. The topological polar surface area (TPSA) is 52.8 Å². The fraction of sp³-hybridized carbons (Fsp3) is 0.100. The summed E-state index contributed by atoms with van der Waals surface area (Å²) in [7, 11) is 0. The third-order valence-corrected chi connectivity index (χ3v) is 5.33. The minimum absolute atomic E-state index is 0.199. The average molecular weight is 397 g/mol. The Morgan fingerprint density at radius 3 is 2.89 bits per heavy atom. The van der Waals surface area contributed by atoms with E-state index in [0.717, 1.165) is 15.8 Å². The Hall–Kier alpha value is -3.01. The number of thiazole rings is 1. The zero-order valence-electron chi connectivity index (χ0n) is 14.0. The van der Waals surface area contributed by atoms with Crippen molar-refractivity contribution in [3.05, 3.63) is 57.9 Å². The summed E-state index contributed by atoms with van der Waals surface area (Å²) >= 11 is 7.46. The molecule has 27 heavy (non-hydrogen) atoms. The summed E-state index contributed by atoms with van der Waals surface area (Å²) in [5.74, 6) is 3.53. The van der Waals surface area contributed by atoms with Gasteiger partial charge in [-0.1, -0.05) is 47.1 Å². The highest BCUT2D eigenvalue weighted by Crippen LogP contribution is 2.36. The molecular formula is C20H13ClN2O3S. The maximum atomic E-state index is 12.3. The molecule has 5 nitrogen and oxygen atoms in total. The highest BCUT2D eigenvalue weighted by Gasteiger charge is 2.17. The van der Waals surface area contributed by atoms with Crippen LogP contribution in [0.2, 0.25) is 5.02 Å². The zero-order valence-corrected chi connectivity index (χ0v) is 15.6. The van der Waals surface area contributed by atoms with Crippen molar-refractivity contribution in [2.45, 2.75) is 6.54 Å². The van der Waals surface area contributed by atoms with Gasteiger partial charge in [-0.15, -0.1) is 6.42 Å². The monoisotopic (exact) mass is 396 g/mol. The predicted molar refractivity (Wildman–Crippen MR) is 106 cm³/mol. The van der Waals surface area contributed by atoms with Gasteiger partial charge in [0.25, 0.3) is 5.91 Å². The maximum absolute atomic E-state index is 12.3. The number of rotatable bonds is 3. The first kappa shape index (κ1) is 17.4. The van der Waals surface area contributed by atoms with Gasteiger partial charge in [-0.2, -0.15) is 4.99 Å². The number of benzene rings is 2. The molecule has 0 bridgehead atoms. The number of nitrogens with zero attached hydrogens (tertiary/aromatic N) is 2. The van der Waals surface area contributed by atoms with Crippen LogP contribution >= 0.6 is 22.9 Å². The number of hydrogen-bond donors (Lipinski definition) is 0. The summed E-state index contributed by atoms with van der Waals surface area (Å²) in [6, 6.07) is 11.0. The van der Waals surface area contributed by atoms with Crippen LogP contribution in [-0.2, 0) is 11.3 Å². The van der Waals surface area contributed by atoms with Crippen LogP contribution in [0.1, 0.15) is 5.56 Å². The van der Waals surface area contributed by atoms with Gasteiger partial charge in [0.15, 0.2) is 16.3 Å². The standard InChI is InChI=1S/C20H13ClN2O3S/c1-2-9-23-15-10-16-17(26-12-25-16)11-18(15)27-20(23)22-19(24)8-7-13-5-3-4-6-14(13)21/h1,3-8,10-11H,9,12H2. The first-order valence-electron chi connectivity index (χ1n) is 8.03. The molecule has 4 rings (SSSR count). The molecule has 1 aromatic heterocycles. The van der Waals surface area contributed by atoms with Crippen molar-refractivity contribution >= 4 is 45.1 Å². The summed E-state index contributed by atoms with van der Waals surface area (Å²) in [5.41, 5.74) is 1.60. The number of carbonyl (C=O) groups is 1. The molecule has 0 atom stereocenters. The lowest BCUT2D eigenvalue weighted by atomic mass is 10.2. The third-order valence-electron chi connectivity index (χ3n) is 3.94. The lowest BCUT2D eigenvalue weighted by Crippen LogP contribution is -2.15. The van der Waals surface area contributed by atoms with E-state index in [9.17, 15) is 4.79 Å². The molecule has 0 saturated heterocycles. The molecule has 1 aliphatic rings. The maximum Gasteiger partial charge on any atom is 0.272 e. The second-order valence-corrected chi connectivity index (χ2v) is 7.07. The molecule has 134 valence electrons. The van der Waals surface area contributed by atoms with Gasteiger partial charge in [0.05, 0.1) is 16.8 Å². The smallest absolute Gasteiger partial charge is 0.272 e. The molecule has 0 unspecified atom stereocenters. The van der Waals surface area contributed by atoms with E-state index in [-0.39, 0.29) is 6.79 Å². The number of amides is 1. The molecule has 1 amide bonds. The number of ether oxygens (including phenoxy) is 2. The molecule has 0 N–H and O–H groups in total. The van der Waals surface area contributed by atoms with Crippen molar-refractivity contribution in [2.75, 3.05) is 6.79 Å². The number of aromatic nitrogens is 1. The molecule has 0 aliphatic carbocycles.